The Bertz CT molecular complexity index is 196. The van der Waals surface area contributed by atoms with E-state index in [0.717, 1.165) is 45.3 Å². The quantitative estimate of drug-likeness (QED) is 0.575. The number of nitrogens with two attached hydrogens (primary N) is 1. The summed E-state index contributed by atoms with van der Waals surface area (Å²) >= 11 is 0. The average Bonchev–Trinajstić information content (AvgIpc) is 2.27. The van der Waals surface area contributed by atoms with E-state index in [1.165, 1.54) is 0 Å². The zero-order chi connectivity index (χ0) is 13.1. The van der Waals surface area contributed by atoms with Crippen LogP contribution in [-0.4, -0.2) is 32.2 Å². The van der Waals surface area contributed by atoms with E-state index in [2.05, 4.69) is 5.32 Å². The summed E-state index contributed by atoms with van der Waals surface area (Å²) in [6.07, 6.45) is 4.91. The number of ether oxygens (including phenoxy) is 1. The predicted octanol–water partition coefficient (Wildman–Crippen LogP) is 1.68. The molecule has 0 spiro atoms. The Labute approximate surface area is 105 Å². The number of unbranched alkanes of at least 4 members (excludes halogenated alkanes) is 1. The van der Waals surface area contributed by atoms with Crippen LogP contribution in [0.25, 0.3) is 0 Å². The maximum absolute atomic E-state index is 11.7. The highest BCUT2D eigenvalue weighted by Crippen LogP contribution is 2.08. The molecule has 4 heteroatoms. The van der Waals surface area contributed by atoms with E-state index in [1.54, 1.807) is 7.11 Å². The van der Waals surface area contributed by atoms with Crippen LogP contribution in [0.4, 0.5) is 0 Å². The summed E-state index contributed by atoms with van der Waals surface area (Å²) in [6, 6.07) is 0.235. The molecule has 2 atom stereocenters. The standard InChI is InChI=1S/C13H28N2O2/c1-11(7-6-8-12(2)14)13(16)15-9-4-5-10-17-3/h11-12H,4-10,14H2,1-3H3,(H,15,16). The van der Waals surface area contributed by atoms with Crippen LogP contribution in [0.2, 0.25) is 0 Å². The van der Waals surface area contributed by atoms with Gasteiger partial charge in [-0.25, -0.2) is 0 Å². The molecule has 1 amide bonds. The van der Waals surface area contributed by atoms with E-state index < -0.39 is 0 Å². The molecule has 0 aliphatic heterocycles. The second-order valence-electron chi connectivity index (χ2n) is 4.80. The SMILES string of the molecule is COCCCCNC(=O)C(C)CCCC(C)N. The van der Waals surface area contributed by atoms with Gasteiger partial charge in [0.1, 0.15) is 0 Å². The monoisotopic (exact) mass is 244 g/mol. The van der Waals surface area contributed by atoms with Gasteiger partial charge in [0.15, 0.2) is 0 Å². The maximum Gasteiger partial charge on any atom is 0.222 e. The van der Waals surface area contributed by atoms with Crippen LogP contribution in [0.15, 0.2) is 0 Å². The molecule has 0 aromatic heterocycles. The molecule has 0 radical (unpaired) electrons. The number of carbonyl (C=O) groups is 1. The van der Waals surface area contributed by atoms with E-state index in [1.807, 2.05) is 13.8 Å². The van der Waals surface area contributed by atoms with E-state index >= 15 is 0 Å². The molecule has 0 rings (SSSR count). The second-order valence-corrected chi connectivity index (χ2v) is 4.80. The topological polar surface area (TPSA) is 64.3 Å². The predicted molar refractivity (Wildman–Crippen MR) is 70.8 cm³/mol. The second kappa shape index (κ2) is 10.5. The van der Waals surface area contributed by atoms with Gasteiger partial charge >= 0.3 is 0 Å². The number of rotatable bonds is 10. The number of methoxy groups -OCH3 is 1. The molecule has 4 nitrogen and oxygen atoms in total. The van der Waals surface area contributed by atoms with Gasteiger partial charge in [-0.2, -0.15) is 0 Å². The number of nitrogens with one attached hydrogen (secondary N) is 1. The molecule has 0 aliphatic rings. The van der Waals surface area contributed by atoms with Crippen molar-refractivity contribution >= 4 is 5.91 Å². The average molecular weight is 244 g/mol. The molecular weight excluding hydrogens is 216 g/mol. The fourth-order valence-electron chi connectivity index (χ4n) is 1.63. The Hall–Kier alpha value is -0.610. The van der Waals surface area contributed by atoms with Gasteiger partial charge in [-0.15, -0.1) is 0 Å². The Kier molecular flexibility index (Phi) is 10.2. The summed E-state index contributed by atoms with van der Waals surface area (Å²) in [5, 5.41) is 2.95. The van der Waals surface area contributed by atoms with E-state index in [-0.39, 0.29) is 17.9 Å². The molecule has 17 heavy (non-hydrogen) atoms. The molecule has 0 bridgehead atoms. The van der Waals surface area contributed by atoms with Crippen LogP contribution in [0, 0.1) is 5.92 Å². The number of amides is 1. The summed E-state index contributed by atoms with van der Waals surface area (Å²) in [7, 11) is 1.69. The lowest BCUT2D eigenvalue weighted by Gasteiger charge is -2.12. The van der Waals surface area contributed by atoms with E-state index in [9.17, 15) is 4.79 Å². The van der Waals surface area contributed by atoms with Crippen molar-refractivity contribution < 1.29 is 9.53 Å². The van der Waals surface area contributed by atoms with Crippen LogP contribution in [0.1, 0.15) is 46.0 Å². The fraction of sp³-hybridized carbons (Fsp3) is 0.923. The normalized spacial score (nSPS) is 14.4. The van der Waals surface area contributed by atoms with Gasteiger partial charge < -0.3 is 15.8 Å². The van der Waals surface area contributed by atoms with Crippen molar-refractivity contribution in [2.75, 3.05) is 20.3 Å². The molecule has 0 fully saturated rings. The number of hydrogen-bond donors (Lipinski definition) is 2. The van der Waals surface area contributed by atoms with Crippen molar-refractivity contribution in [1.29, 1.82) is 0 Å². The van der Waals surface area contributed by atoms with Crippen molar-refractivity contribution in [3.63, 3.8) is 0 Å². The van der Waals surface area contributed by atoms with Crippen LogP contribution >= 0.6 is 0 Å². The van der Waals surface area contributed by atoms with Gasteiger partial charge in [-0.1, -0.05) is 13.3 Å². The van der Waals surface area contributed by atoms with Crippen molar-refractivity contribution in [2.45, 2.75) is 52.0 Å². The Morgan fingerprint density at radius 1 is 1.24 bits per heavy atom. The highest BCUT2D eigenvalue weighted by Gasteiger charge is 2.11. The molecule has 0 aromatic carbocycles. The van der Waals surface area contributed by atoms with Crippen LogP contribution in [0.5, 0.6) is 0 Å². The lowest BCUT2D eigenvalue weighted by Crippen LogP contribution is -2.30. The van der Waals surface area contributed by atoms with Gasteiger partial charge in [0, 0.05) is 32.2 Å². The third-order valence-corrected chi connectivity index (χ3v) is 2.82. The van der Waals surface area contributed by atoms with Gasteiger partial charge in [0.25, 0.3) is 0 Å². The van der Waals surface area contributed by atoms with Crippen LogP contribution in [-0.2, 0) is 9.53 Å². The van der Waals surface area contributed by atoms with Crippen molar-refractivity contribution in [1.82, 2.24) is 5.32 Å². The third-order valence-electron chi connectivity index (χ3n) is 2.82. The van der Waals surface area contributed by atoms with E-state index in [4.69, 9.17) is 10.5 Å². The molecule has 0 saturated heterocycles. The Morgan fingerprint density at radius 3 is 2.53 bits per heavy atom. The van der Waals surface area contributed by atoms with Crippen molar-refractivity contribution in [3.8, 4) is 0 Å². The maximum atomic E-state index is 11.7. The highest BCUT2D eigenvalue weighted by atomic mass is 16.5. The molecule has 3 N–H and O–H groups in total. The molecule has 102 valence electrons. The first-order chi connectivity index (χ1) is 8.07. The smallest absolute Gasteiger partial charge is 0.222 e. The largest absolute Gasteiger partial charge is 0.385 e. The van der Waals surface area contributed by atoms with Crippen molar-refractivity contribution in [2.24, 2.45) is 11.7 Å². The summed E-state index contributed by atoms with van der Waals surface area (Å²) in [6.45, 7) is 5.49. The van der Waals surface area contributed by atoms with Gasteiger partial charge in [-0.05, 0) is 32.6 Å². The number of carbonyl (C=O) groups excluding carboxylic acids is 1. The lowest BCUT2D eigenvalue weighted by molar-refractivity contribution is -0.124. The van der Waals surface area contributed by atoms with Gasteiger partial charge in [0.05, 0.1) is 0 Å². The molecule has 2 unspecified atom stereocenters. The Balaban J connectivity index is 3.47. The summed E-state index contributed by atoms with van der Waals surface area (Å²) in [4.78, 5) is 11.7. The molecule has 0 saturated carbocycles. The van der Waals surface area contributed by atoms with Gasteiger partial charge in [0.2, 0.25) is 5.91 Å². The van der Waals surface area contributed by atoms with Gasteiger partial charge in [-0.3, -0.25) is 4.79 Å². The zero-order valence-electron chi connectivity index (χ0n) is 11.5. The lowest BCUT2D eigenvalue weighted by atomic mass is 10.0. The van der Waals surface area contributed by atoms with Crippen LogP contribution in [0.3, 0.4) is 0 Å². The molecule has 0 heterocycles. The first-order valence-corrected chi connectivity index (χ1v) is 6.60. The minimum atomic E-state index is 0.0937. The van der Waals surface area contributed by atoms with Crippen LogP contribution < -0.4 is 11.1 Å². The molecular formula is C13H28N2O2. The highest BCUT2D eigenvalue weighted by molar-refractivity contribution is 5.78. The summed E-state index contributed by atoms with van der Waals surface area (Å²) in [5.74, 6) is 0.253. The van der Waals surface area contributed by atoms with Crippen molar-refractivity contribution in [3.05, 3.63) is 0 Å². The zero-order valence-corrected chi connectivity index (χ0v) is 11.5. The molecule has 0 aliphatic carbocycles. The first-order valence-electron chi connectivity index (χ1n) is 6.60. The first kappa shape index (κ1) is 16.4. The summed E-state index contributed by atoms with van der Waals surface area (Å²) < 4.78 is 4.95. The minimum Gasteiger partial charge on any atom is -0.385 e. The van der Waals surface area contributed by atoms with E-state index in [0.29, 0.717) is 0 Å². The Morgan fingerprint density at radius 2 is 1.94 bits per heavy atom. The minimum absolute atomic E-state index is 0.0937. The molecule has 0 aromatic rings. The number of hydrogen-bond acceptors (Lipinski definition) is 3. The third kappa shape index (κ3) is 10.3. The fourth-order valence-corrected chi connectivity index (χ4v) is 1.63. The summed E-state index contributed by atoms with van der Waals surface area (Å²) in [5.41, 5.74) is 5.67.